The molecular weight excluding hydrogens is 190 g/mol. The number of phenolic OH excluding ortho intramolecular Hbond substituents is 1. The molecule has 1 aromatic carbocycles. The minimum absolute atomic E-state index is 0.00324. The SMILES string of the molecule is O=C(O)c1nc2cccc(O)c2s1. The predicted octanol–water partition coefficient (Wildman–Crippen LogP) is 1.70. The van der Waals surface area contributed by atoms with Crippen molar-refractivity contribution in [2.75, 3.05) is 0 Å². The molecule has 66 valence electrons. The van der Waals surface area contributed by atoms with Gasteiger partial charge in [0.05, 0.1) is 10.2 Å². The first kappa shape index (κ1) is 8.00. The molecule has 0 aliphatic heterocycles. The molecule has 0 unspecified atom stereocenters. The van der Waals surface area contributed by atoms with E-state index in [1.54, 1.807) is 12.1 Å². The number of aromatic carboxylic acids is 1. The van der Waals surface area contributed by atoms with Crippen molar-refractivity contribution >= 4 is 27.5 Å². The number of nitrogens with zero attached hydrogens (tertiary/aromatic N) is 1. The molecule has 0 atom stereocenters. The van der Waals surface area contributed by atoms with E-state index in [1.807, 2.05) is 0 Å². The highest BCUT2D eigenvalue weighted by atomic mass is 32.1. The monoisotopic (exact) mass is 195 g/mol. The van der Waals surface area contributed by atoms with Gasteiger partial charge in [0.15, 0.2) is 0 Å². The summed E-state index contributed by atoms with van der Waals surface area (Å²) < 4.78 is 0.514. The van der Waals surface area contributed by atoms with Crippen LogP contribution in [0.1, 0.15) is 9.80 Å². The number of benzene rings is 1. The van der Waals surface area contributed by atoms with Gasteiger partial charge >= 0.3 is 5.97 Å². The largest absolute Gasteiger partial charge is 0.506 e. The fourth-order valence-corrected chi connectivity index (χ4v) is 1.84. The van der Waals surface area contributed by atoms with Crippen molar-refractivity contribution in [2.45, 2.75) is 0 Å². The molecule has 13 heavy (non-hydrogen) atoms. The first-order valence-corrected chi connectivity index (χ1v) is 4.32. The van der Waals surface area contributed by atoms with Crippen LogP contribution in [-0.4, -0.2) is 21.2 Å². The lowest BCUT2D eigenvalue weighted by Crippen LogP contribution is -1.93. The van der Waals surface area contributed by atoms with E-state index >= 15 is 0 Å². The second-order valence-electron chi connectivity index (χ2n) is 2.45. The van der Waals surface area contributed by atoms with Gasteiger partial charge in [-0.15, -0.1) is 11.3 Å². The van der Waals surface area contributed by atoms with Gasteiger partial charge in [0.2, 0.25) is 5.01 Å². The normalized spacial score (nSPS) is 10.5. The van der Waals surface area contributed by atoms with Gasteiger partial charge in [-0.25, -0.2) is 9.78 Å². The van der Waals surface area contributed by atoms with E-state index in [9.17, 15) is 9.90 Å². The lowest BCUT2D eigenvalue weighted by molar-refractivity contribution is 0.0696. The van der Waals surface area contributed by atoms with Crippen molar-refractivity contribution in [3.05, 3.63) is 23.2 Å². The van der Waals surface area contributed by atoms with Gasteiger partial charge in [0, 0.05) is 0 Å². The number of carboxylic acids is 1. The number of hydrogen-bond acceptors (Lipinski definition) is 4. The number of hydrogen-bond donors (Lipinski definition) is 2. The number of carbonyl (C=O) groups is 1. The Morgan fingerprint density at radius 1 is 1.46 bits per heavy atom. The van der Waals surface area contributed by atoms with Crippen LogP contribution >= 0.6 is 11.3 Å². The fourth-order valence-electron chi connectivity index (χ4n) is 1.03. The van der Waals surface area contributed by atoms with Gasteiger partial charge in [0.25, 0.3) is 0 Å². The molecule has 0 aliphatic rings. The summed E-state index contributed by atoms with van der Waals surface area (Å²) in [4.78, 5) is 14.4. The fraction of sp³-hybridized carbons (Fsp3) is 0. The van der Waals surface area contributed by atoms with Crippen LogP contribution in [0.3, 0.4) is 0 Å². The molecule has 0 aliphatic carbocycles. The van der Waals surface area contributed by atoms with E-state index in [0.29, 0.717) is 10.2 Å². The first-order valence-electron chi connectivity index (χ1n) is 3.50. The second kappa shape index (κ2) is 2.70. The van der Waals surface area contributed by atoms with Crippen LogP contribution < -0.4 is 0 Å². The number of phenols is 1. The van der Waals surface area contributed by atoms with Crippen molar-refractivity contribution in [3.8, 4) is 5.75 Å². The third-order valence-corrected chi connectivity index (χ3v) is 2.66. The molecule has 0 saturated carbocycles. The van der Waals surface area contributed by atoms with Gasteiger partial charge in [-0.05, 0) is 12.1 Å². The van der Waals surface area contributed by atoms with E-state index < -0.39 is 5.97 Å². The van der Waals surface area contributed by atoms with Crippen molar-refractivity contribution < 1.29 is 15.0 Å². The standard InChI is InChI=1S/C8H5NO3S/c10-5-3-1-2-4-6(5)13-7(9-4)8(11)12/h1-3,10H,(H,11,12). The molecule has 2 N–H and O–H groups in total. The van der Waals surface area contributed by atoms with Crippen molar-refractivity contribution in [3.63, 3.8) is 0 Å². The number of aromatic hydroxyl groups is 1. The van der Waals surface area contributed by atoms with Gasteiger partial charge in [-0.3, -0.25) is 0 Å². The summed E-state index contributed by atoms with van der Waals surface area (Å²) in [5.74, 6) is -0.997. The maximum atomic E-state index is 10.5. The Labute approximate surface area is 77.1 Å². The number of rotatable bonds is 1. The van der Waals surface area contributed by atoms with E-state index in [0.717, 1.165) is 11.3 Å². The Hall–Kier alpha value is -1.62. The molecule has 1 heterocycles. The van der Waals surface area contributed by atoms with Crippen molar-refractivity contribution in [1.82, 2.24) is 4.98 Å². The molecule has 1 aromatic heterocycles. The summed E-state index contributed by atoms with van der Waals surface area (Å²) in [6.07, 6.45) is 0. The average Bonchev–Trinajstić information content (AvgIpc) is 2.49. The molecule has 0 saturated heterocycles. The molecular formula is C8H5NO3S. The Balaban J connectivity index is 2.75. The van der Waals surface area contributed by atoms with E-state index in [2.05, 4.69) is 4.98 Å². The number of fused-ring (bicyclic) bond motifs is 1. The molecule has 2 rings (SSSR count). The maximum absolute atomic E-state index is 10.5. The smallest absolute Gasteiger partial charge is 0.365 e. The molecule has 4 nitrogen and oxygen atoms in total. The summed E-state index contributed by atoms with van der Waals surface area (Å²) in [5.41, 5.74) is 0.516. The molecule has 2 aromatic rings. The highest BCUT2D eigenvalue weighted by molar-refractivity contribution is 7.20. The van der Waals surface area contributed by atoms with Gasteiger partial charge in [-0.1, -0.05) is 6.07 Å². The topological polar surface area (TPSA) is 70.4 Å². The zero-order chi connectivity index (χ0) is 9.42. The Kier molecular flexibility index (Phi) is 1.66. The van der Waals surface area contributed by atoms with E-state index in [4.69, 9.17) is 5.11 Å². The summed E-state index contributed by atoms with van der Waals surface area (Å²) >= 11 is 0.971. The molecule has 5 heteroatoms. The highest BCUT2D eigenvalue weighted by Gasteiger charge is 2.11. The zero-order valence-electron chi connectivity index (χ0n) is 6.39. The molecule has 0 radical (unpaired) electrons. The molecule has 0 bridgehead atoms. The van der Waals surface area contributed by atoms with Crippen LogP contribution in [0, 0.1) is 0 Å². The number of aromatic nitrogens is 1. The van der Waals surface area contributed by atoms with E-state index in [-0.39, 0.29) is 10.8 Å². The molecule has 0 fully saturated rings. The minimum Gasteiger partial charge on any atom is -0.506 e. The maximum Gasteiger partial charge on any atom is 0.365 e. The second-order valence-corrected chi connectivity index (χ2v) is 3.45. The summed E-state index contributed by atoms with van der Waals surface area (Å²) in [5, 5.41) is 18.0. The van der Waals surface area contributed by atoms with Crippen LogP contribution in [-0.2, 0) is 0 Å². The van der Waals surface area contributed by atoms with Gasteiger partial charge < -0.3 is 10.2 Å². The third kappa shape index (κ3) is 1.23. The van der Waals surface area contributed by atoms with Crippen LogP contribution in [0.2, 0.25) is 0 Å². The lowest BCUT2D eigenvalue weighted by Gasteiger charge is -1.89. The van der Waals surface area contributed by atoms with Crippen LogP contribution in [0.5, 0.6) is 5.75 Å². The Morgan fingerprint density at radius 3 is 2.85 bits per heavy atom. The highest BCUT2D eigenvalue weighted by Crippen LogP contribution is 2.29. The number of carboxylic acid groups (broad SMARTS) is 1. The van der Waals surface area contributed by atoms with Crippen molar-refractivity contribution in [1.29, 1.82) is 0 Å². The van der Waals surface area contributed by atoms with Crippen LogP contribution in [0.15, 0.2) is 18.2 Å². The lowest BCUT2D eigenvalue weighted by atomic mass is 10.3. The number of thiazole rings is 1. The predicted molar refractivity (Wildman–Crippen MR) is 48.2 cm³/mol. The van der Waals surface area contributed by atoms with E-state index in [1.165, 1.54) is 6.07 Å². The Bertz CT molecular complexity index is 477. The van der Waals surface area contributed by atoms with Crippen LogP contribution in [0.25, 0.3) is 10.2 Å². The van der Waals surface area contributed by atoms with Crippen molar-refractivity contribution in [2.24, 2.45) is 0 Å². The van der Waals surface area contributed by atoms with Gasteiger partial charge in [0.1, 0.15) is 5.75 Å². The third-order valence-electron chi connectivity index (χ3n) is 1.58. The molecule has 0 amide bonds. The summed E-state index contributed by atoms with van der Waals surface area (Å²) in [7, 11) is 0. The molecule has 0 spiro atoms. The van der Waals surface area contributed by atoms with Gasteiger partial charge in [-0.2, -0.15) is 0 Å². The average molecular weight is 195 g/mol. The summed E-state index contributed by atoms with van der Waals surface area (Å²) in [6, 6.07) is 4.80. The quantitative estimate of drug-likeness (QED) is 0.726. The Morgan fingerprint density at radius 2 is 2.23 bits per heavy atom. The summed E-state index contributed by atoms with van der Waals surface area (Å²) in [6.45, 7) is 0. The van der Waals surface area contributed by atoms with Crippen LogP contribution in [0.4, 0.5) is 0 Å². The first-order chi connectivity index (χ1) is 6.18. The minimum atomic E-state index is -1.07. The zero-order valence-corrected chi connectivity index (χ0v) is 7.21.